The minimum Gasteiger partial charge on any atom is -0.332 e. The van der Waals surface area contributed by atoms with E-state index in [1.54, 1.807) is 13.2 Å². The number of aromatic nitrogens is 2. The van der Waals surface area contributed by atoms with E-state index in [4.69, 9.17) is 0 Å². The summed E-state index contributed by atoms with van der Waals surface area (Å²) in [6.07, 6.45) is 1.74. The number of carbonyl (C=O) groups is 2. The molecule has 0 aliphatic carbocycles. The second-order valence-corrected chi connectivity index (χ2v) is 7.76. The number of anilines is 1. The van der Waals surface area contributed by atoms with E-state index >= 15 is 0 Å². The van der Waals surface area contributed by atoms with Gasteiger partial charge in [0.1, 0.15) is 0 Å². The van der Waals surface area contributed by atoms with E-state index in [9.17, 15) is 9.59 Å². The van der Waals surface area contributed by atoms with Crippen molar-refractivity contribution >= 4 is 28.8 Å². The zero-order chi connectivity index (χ0) is 20.4. The van der Waals surface area contributed by atoms with Crippen LogP contribution >= 0.6 is 11.3 Å². The Morgan fingerprint density at radius 2 is 1.96 bits per heavy atom. The highest BCUT2D eigenvalue weighted by atomic mass is 32.1. The number of hydrogen-bond acceptors (Lipinski definition) is 4. The van der Waals surface area contributed by atoms with Crippen LogP contribution in [0.2, 0.25) is 0 Å². The lowest BCUT2D eigenvalue weighted by Gasteiger charge is -2.18. The molecule has 1 N–H and O–H groups in total. The van der Waals surface area contributed by atoms with Crippen molar-refractivity contribution in [2.45, 2.75) is 27.7 Å². The summed E-state index contributed by atoms with van der Waals surface area (Å²) in [5, 5.41) is 5.62. The monoisotopic (exact) mass is 396 g/mol. The highest BCUT2D eigenvalue weighted by molar-refractivity contribution is 7.12. The number of aryl methyl sites for hydroxylation is 2. The first-order valence-corrected chi connectivity index (χ1v) is 9.88. The van der Waals surface area contributed by atoms with Gasteiger partial charge in [0.2, 0.25) is 5.91 Å². The van der Waals surface area contributed by atoms with E-state index in [1.807, 2.05) is 61.9 Å². The molecule has 2 heterocycles. The Labute approximate surface area is 168 Å². The Morgan fingerprint density at radius 3 is 2.64 bits per heavy atom. The summed E-state index contributed by atoms with van der Waals surface area (Å²) in [6, 6.07) is 7.61. The summed E-state index contributed by atoms with van der Waals surface area (Å²) >= 11 is 1.51. The number of hydrogen-bond donors (Lipinski definition) is 1. The SMILES string of the molecule is Cc1cccc(NC(=O)CN(C)C(=O)c2cc(C)n(-c3nccs3)c2C)c1C. The fraction of sp³-hybridized carbons (Fsp3) is 0.286. The number of benzene rings is 1. The van der Waals surface area contributed by atoms with Crippen LogP contribution in [-0.4, -0.2) is 39.9 Å². The molecule has 2 aromatic heterocycles. The largest absolute Gasteiger partial charge is 0.332 e. The number of likely N-dealkylation sites (N-methyl/N-ethyl adjacent to an activating group) is 1. The summed E-state index contributed by atoms with van der Waals surface area (Å²) in [5.74, 6) is -0.412. The average Bonchev–Trinajstić information content (AvgIpc) is 3.26. The van der Waals surface area contributed by atoms with Crippen LogP contribution in [0.4, 0.5) is 5.69 Å². The third-order valence-corrected chi connectivity index (χ3v) is 5.63. The van der Waals surface area contributed by atoms with Crippen molar-refractivity contribution in [3.8, 4) is 5.13 Å². The summed E-state index contributed by atoms with van der Waals surface area (Å²) in [5.41, 5.74) is 5.24. The summed E-state index contributed by atoms with van der Waals surface area (Å²) in [6.45, 7) is 7.78. The standard InChI is InChI=1S/C21H24N4O2S/c1-13-7-6-8-18(15(13)3)23-19(26)12-24(5)20(27)17-11-14(2)25(16(17)4)21-22-9-10-28-21/h6-11H,12H2,1-5H3,(H,23,26). The smallest absolute Gasteiger partial charge is 0.255 e. The molecule has 0 bridgehead atoms. The van der Waals surface area contributed by atoms with Crippen LogP contribution in [0, 0.1) is 27.7 Å². The van der Waals surface area contributed by atoms with Crippen molar-refractivity contribution in [2.75, 3.05) is 18.9 Å². The summed E-state index contributed by atoms with van der Waals surface area (Å²) in [7, 11) is 1.64. The van der Waals surface area contributed by atoms with E-state index in [-0.39, 0.29) is 18.4 Å². The van der Waals surface area contributed by atoms with Crippen molar-refractivity contribution in [3.63, 3.8) is 0 Å². The van der Waals surface area contributed by atoms with Crippen molar-refractivity contribution in [3.05, 3.63) is 63.9 Å². The molecule has 0 aliphatic heterocycles. The first-order chi connectivity index (χ1) is 13.3. The maximum atomic E-state index is 12.9. The number of rotatable bonds is 5. The highest BCUT2D eigenvalue weighted by Crippen LogP contribution is 2.23. The van der Waals surface area contributed by atoms with Crippen LogP contribution in [-0.2, 0) is 4.79 Å². The normalized spacial score (nSPS) is 10.8. The van der Waals surface area contributed by atoms with E-state index in [1.165, 1.54) is 16.2 Å². The Balaban J connectivity index is 1.74. The second kappa shape index (κ2) is 7.98. The summed E-state index contributed by atoms with van der Waals surface area (Å²) in [4.78, 5) is 31.1. The molecule has 0 spiro atoms. The molecule has 0 unspecified atom stereocenters. The molecule has 1 aromatic carbocycles. The van der Waals surface area contributed by atoms with E-state index in [0.717, 1.165) is 33.3 Å². The predicted molar refractivity (Wildman–Crippen MR) is 112 cm³/mol. The Morgan fingerprint density at radius 1 is 1.21 bits per heavy atom. The third-order valence-electron chi connectivity index (χ3n) is 4.88. The number of thiazole rings is 1. The van der Waals surface area contributed by atoms with Gasteiger partial charge in [-0.25, -0.2) is 4.98 Å². The molecule has 6 nitrogen and oxygen atoms in total. The Hall–Kier alpha value is -2.93. The van der Waals surface area contributed by atoms with Crippen LogP contribution < -0.4 is 5.32 Å². The topological polar surface area (TPSA) is 67.2 Å². The van der Waals surface area contributed by atoms with Gasteiger partial charge in [-0.1, -0.05) is 12.1 Å². The second-order valence-electron chi connectivity index (χ2n) is 6.89. The zero-order valence-corrected chi connectivity index (χ0v) is 17.6. The molecule has 3 rings (SSSR count). The minimum atomic E-state index is -0.224. The maximum Gasteiger partial charge on any atom is 0.255 e. The Bertz CT molecular complexity index is 1020. The molecule has 146 valence electrons. The maximum absolute atomic E-state index is 12.9. The van der Waals surface area contributed by atoms with Crippen molar-refractivity contribution in [2.24, 2.45) is 0 Å². The lowest BCUT2D eigenvalue weighted by Crippen LogP contribution is -2.35. The van der Waals surface area contributed by atoms with Gasteiger partial charge in [0.15, 0.2) is 5.13 Å². The quantitative estimate of drug-likeness (QED) is 0.712. The lowest BCUT2D eigenvalue weighted by atomic mass is 10.1. The summed E-state index contributed by atoms with van der Waals surface area (Å²) < 4.78 is 1.96. The lowest BCUT2D eigenvalue weighted by molar-refractivity contribution is -0.116. The van der Waals surface area contributed by atoms with Crippen LogP contribution in [0.15, 0.2) is 35.8 Å². The fourth-order valence-corrected chi connectivity index (χ4v) is 3.92. The molecule has 0 aliphatic rings. The molecular weight excluding hydrogens is 372 g/mol. The number of nitrogens with zero attached hydrogens (tertiary/aromatic N) is 3. The first-order valence-electron chi connectivity index (χ1n) is 9.00. The molecule has 2 amide bonds. The molecule has 0 radical (unpaired) electrons. The van der Waals surface area contributed by atoms with Crippen LogP contribution in [0.3, 0.4) is 0 Å². The van der Waals surface area contributed by atoms with Crippen molar-refractivity contribution in [1.82, 2.24) is 14.5 Å². The fourth-order valence-electron chi connectivity index (χ4n) is 3.17. The van der Waals surface area contributed by atoms with Gasteiger partial charge in [0, 0.05) is 35.7 Å². The van der Waals surface area contributed by atoms with Gasteiger partial charge >= 0.3 is 0 Å². The van der Waals surface area contributed by atoms with Gasteiger partial charge in [0.05, 0.1) is 12.1 Å². The molecule has 0 saturated heterocycles. The van der Waals surface area contributed by atoms with Crippen LogP contribution in [0.25, 0.3) is 5.13 Å². The number of amides is 2. The molecule has 28 heavy (non-hydrogen) atoms. The molecule has 0 saturated carbocycles. The molecular formula is C21H24N4O2S. The van der Waals surface area contributed by atoms with Gasteiger partial charge in [-0.05, 0) is 51.0 Å². The van der Waals surface area contributed by atoms with Gasteiger partial charge < -0.3 is 10.2 Å². The van der Waals surface area contributed by atoms with Gasteiger partial charge in [-0.2, -0.15) is 0 Å². The van der Waals surface area contributed by atoms with E-state index in [0.29, 0.717) is 5.56 Å². The molecule has 7 heteroatoms. The zero-order valence-electron chi connectivity index (χ0n) is 16.7. The van der Waals surface area contributed by atoms with Crippen molar-refractivity contribution in [1.29, 1.82) is 0 Å². The van der Waals surface area contributed by atoms with E-state index in [2.05, 4.69) is 10.3 Å². The minimum absolute atomic E-state index is 0.0207. The molecule has 0 atom stereocenters. The number of nitrogens with one attached hydrogen (secondary N) is 1. The highest BCUT2D eigenvalue weighted by Gasteiger charge is 2.22. The molecule has 0 fully saturated rings. The molecule has 3 aromatic rings. The van der Waals surface area contributed by atoms with Gasteiger partial charge in [0.25, 0.3) is 5.91 Å². The third kappa shape index (κ3) is 3.84. The van der Waals surface area contributed by atoms with E-state index < -0.39 is 0 Å². The van der Waals surface area contributed by atoms with Gasteiger partial charge in [-0.15, -0.1) is 11.3 Å². The first kappa shape index (κ1) is 19.8. The van der Waals surface area contributed by atoms with Crippen LogP contribution in [0.1, 0.15) is 32.9 Å². The van der Waals surface area contributed by atoms with Crippen molar-refractivity contribution < 1.29 is 9.59 Å². The van der Waals surface area contributed by atoms with Crippen LogP contribution in [0.5, 0.6) is 0 Å². The van der Waals surface area contributed by atoms with Gasteiger partial charge in [-0.3, -0.25) is 14.2 Å². The predicted octanol–water partition coefficient (Wildman–Crippen LogP) is 3.88. The number of carbonyl (C=O) groups excluding carboxylic acids is 2. The Kier molecular flexibility index (Phi) is 5.65. The average molecular weight is 397 g/mol.